The Balaban J connectivity index is 2.55. The maximum Gasteiger partial charge on any atom is 0.330 e. The summed E-state index contributed by atoms with van der Waals surface area (Å²) in [7, 11) is 3.13. The van der Waals surface area contributed by atoms with Crippen LogP contribution in [0.5, 0.6) is 5.75 Å². The summed E-state index contributed by atoms with van der Waals surface area (Å²) in [4.78, 5) is 12.7. The molecule has 0 aliphatic carbocycles. The first-order chi connectivity index (χ1) is 7.38. The normalized spacial score (nSPS) is 15.6. The van der Waals surface area contributed by atoms with Crippen LogP contribution in [0.15, 0.2) is 23.1 Å². The standard InChI is InChI=1S/C9H8ClNO4S/c1-11-5-9(12)15-8-3-2-6(4-7(8)11)16(10,13)14/h2-4H,5H2,1H3. The summed E-state index contributed by atoms with van der Waals surface area (Å²) in [6.07, 6.45) is 0. The number of hydrogen-bond acceptors (Lipinski definition) is 5. The van der Waals surface area contributed by atoms with Gasteiger partial charge in [-0.2, -0.15) is 0 Å². The molecule has 1 heterocycles. The Kier molecular flexibility index (Phi) is 2.55. The van der Waals surface area contributed by atoms with Gasteiger partial charge in [0.25, 0.3) is 9.05 Å². The van der Waals surface area contributed by atoms with Crippen molar-refractivity contribution in [1.82, 2.24) is 0 Å². The lowest BCUT2D eigenvalue weighted by Gasteiger charge is -2.26. The highest BCUT2D eigenvalue weighted by Gasteiger charge is 2.23. The zero-order valence-electron chi connectivity index (χ0n) is 8.31. The number of fused-ring (bicyclic) bond motifs is 1. The van der Waals surface area contributed by atoms with Gasteiger partial charge < -0.3 is 9.64 Å². The van der Waals surface area contributed by atoms with Crippen molar-refractivity contribution in [2.45, 2.75) is 4.90 Å². The molecule has 1 aromatic rings. The highest BCUT2D eigenvalue weighted by atomic mass is 35.7. The van der Waals surface area contributed by atoms with Gasteiger partial charge in [-0.05, 0) is 18.2 Å². The Morgan fingerprint density at radius 2 is 2.12 bits per heavy atom. The van der Waals surface area contributed by atoms with E-state index in [9.17, 15) is 13.2 Å². The molecule has 0 amide bonds. The van der Waals surface area contributed by atoms with Crippen LogP contribution in [0.1, 0.15) is 0 Å². The number of nitrogens with zero attached hydrogens (tertiary/aromatic N) is 1. The molecule has 86 valence electrons. The van der Waals surface area contributed by atoms with Crippen molar-refractivity contribution in [1.29, 1.82) is 0 Å². The fraction of sp³-hybridized carbons (Fsp3) is 0.222. The summed E-state index contributed by atoms with van der Waals surface area (Å²) in [6.45, 7) is 0.0821. The predicted octanol–water partition coefficient (Wildman–Crippen LogP) is 0.969. The van der Waals surface area contributed by atoms with E-state index in [1.165, 1.54) is 18.2 Å². The Labute approximate surface area is 97.0 Å². The summed E-state index contributed by atoms with van der Waals surface area (Å²) in [6, 6.07) is 4.09. The third-order valence-corrected chi connectivity index (χ3v) is 3.56. The third kappa shape index (κ3) is 1.98. The molecule has 0 N–H and O–H groups in total. The number of carbonyl (C=O) groups is 1. The molecule has 5 nitrogen and oxygen atoms in total. The second-order valence-corrected chi connectivity index (χ2v) is 5.96. The van der Waals surface area contributed by atoms with Gasteiger partial charge in [0.2, 0.25) is 0 Å². The van der Waals surface area contributed by atoms with Gasteiger partial charge in [-0.1, -0.05) is 0 Å². The molecule has 1 aliphatic rings. The van der Waals surface area contributed by atoms with Crippen LogP contribution >= 0.6 is 10.7 Å². The van der Waals surface area contributed by atoms with E-state index in [2.05, 4.69) is 0 Å². The van der Waals surface area contributed by atoms with Gasteiger partial charge in [-0.15, -0.1) is 0 Å². The second-order valence-electron chi connectivity index (χ2n) is 3.40. The molecule has 0 radical (unpaired) electrons. The number of likely N-dealkylation sites (N-methyl/N-ethyl adjacent to an activating group) is 1. The molecule has 16 heavy (non-hydrogen) atoms. The van der Waals surface area contributed by atoms with E-state index in [4.69, 9.17) is 15.4 Å². The topological polar surface area (TPSA) is 63.7 Å². The van der Waals surface area contributed by atoms with Gasteiger partial charge in [-0.25, -0.2) is 13.2 Å². The Morgan fingerprint density at radius 1 is 1.44 bits per heavy atom. The summed E-state index contributed by atoms with van der Waals surface area (Å²) >= 11 is 0. The highest BCUT2D eigenvalue weighted by Crippen LogP contribution is 2.33. The van der Waals surface area contributed by atoms with E-state index < -0.39 is 9.05 Å². The van der Waals surface area contributed by atoms with Gasteiger partial charge in [0.1, 0.15) is 6.54 Å². The molecular weight excluding hydrogens is 254 g/mol. The van der Waals surface area contributed by atoms with Crippen molar-refractivity contribution in [3.8, 4) is 5.75 Å². The summed E-state index contributed by atoms with van der Waals surface area (Å²) in [5.41, 5.74) is 0.529. The van der Waals surface area contributed by atoms with Crippen LogP contribution < -0.4 is 9.64 Å². The summed E-state index contributed by atoms with van der Waals surface area (Å²) in [5.74, 6) is -0.0423. The molecule has 0 fully saturated rings. The van der Waals surface area contributed by atoms with E-state index in [1.54, 1.807) is 11.9 Å². The third-order valence-electron chi connectivity index (χ3n) is 2.21. The van der Waals surface area contributed by atoms with Crippen molar-refractivity contribution in [3.05, 3.63) is 18.2 Å². The van der Waals surface area contributed by atoms with Crippen molar-refractivity contribution in [2.24, 2.45) is 0 Å². The molecule has 1 aliphatic heterocycles. The first kappa shape index (κ1) is 11.2. The lowest BCUT2D eigenvalue weighted by molar-refractivity contribution is -0.133. The molecule has 1 aromatic carbocycles. The minimum atomic E-state index is -3.77. The molecule has 0 saturated heterocycles. The van der Waals surface area contributed by atoms with E-state index in [0.717, 1.165) is 0 Å². The van der Waals surface area contributed by atoms with Crippen molar-refractivity contribution >= 4 is 31.4 Å². The van der Waals surface area contributed by atoms with Crippen LogP contribution in [0.2, 0.25) is 0 Å². The van der Waals surface area contributed by atoms with E-state index >= 15 is 0 Å². The van der Waals surface area contributed by atoms with Crippen molar-refractivity contribution in [3.63, 3.8) is 0 Å². The first-order valence-corrected chi connectivity index (χ1v) is 6.69. The minimum Gasteiger partial charge on any atom is -0.423 e. The zero-order valence-corrected chi connectivity index (χ0v) is 9.88. The molecule has 0 unspecified atom stereocenters. The Morgan fingerprint density at radius 3 is 2.75 bits per heavy atom. The first-order valence-electron chi connectivity index (χ1n) is 4.38. The smallest absolute Gasteiger partial charge is 0.330 e. The molecule has 0 atom stereocenters. The number of carbonyl (C=O) groups excluding carboxylic acids is 1. The Bertz CT molecular complexity index is 555. The maximum atomic E-state index is 11.1. The fourth-order valence-corrected chi connectivity index (χ4v) is 2.24. The molecule has 0 aromatic heterocycles. The number of ether oxygens (including phenoxy) is 1. The summed E-state index contributed by atoms with van der Waals surface area (Å²) in [5, 5.41) is 0. The van der Waals surface area contributed by atoms with Crippen molar-refractivity contribution < 1.29 is 17.9 Å². The largest absolute Gasteiger partial charge is 0.423 e. The van der Waals surface area contributed by atoms with Crippen molar-refractivity contribution in [2.75, 3.05) is 18.5 Å². The predicted molar refractivity (Wildman–Crippen MR) is 58.4 cm³/mol. The average molecular weight is 262 g/mol. The lowest BCUT2D eigenvalue weighted by atomic mass is 10.2. The van der Waals surface area contributed by atoms with Crippen LogP contribution in [0.25, 0.3) is 0 Å². The zero-order chi connectivity index (χ0) is 11.9. The van der Waals surface area contributed by atoms with E-state index in [0.29, 0.717) is 11.4 Å². The number of rotatable bonds is 1. The van der Waals surface area contributed by atoms with Gasteiger partial charge in [0, 0.05) is 17.7 Å². The van der Waals surface area contributed by atoms with Gasteiger partial charge in [-0.3, -0.25) is 0 Å². The maximum absolute atomic E-state index is 11.1. The highest BCUT2D eigenvalue weighted by molar-refractivity contribution is 8.13. The van der Waals surface area contributed by atoms with Crippen LogP contribution in [0, 0.1) is 0 Å². The lowest BCUT2D eigenvalue weighted by Crippen LogP contribution is -2.33. The monoisotopic (exact) mass is 261 g/mol. The quantitative estimate of drug-likeness (QED) is 0.428. The van der Waals surface area contributed by atoms with Crippen LogP contribution in [-0.4, -0.2) is 28.0 Å². The SMILES string of the molecule is CN1CC(=O)Oc2ccc(S(=O)(=O)Cl)cc21. The Hall–Kier alpha value is -1.27. The minimum absolute atomic E-state index is 0.0160. The average Bonchev–Trinajstić information content (AvgIpc) is 2.15. The fourth-order valence-electron chi connectivity index (χ4n) is 1.47. The van der Waals surface area contributed by atoms with Crippen LogP contribution in [-0.2, 0) is 13.8 Å². The van der Waals surface area contributed by atoms with Gasteiger partial charge >= 0.3 is 5.97 Å². The van der Waals surface area contributed by atoms with Gasteiger partial charge in [0.15, 0.2) is 5.75 Å². The van der Waals surface area contributed by atoms with Crippen LogP contribution in [0.3, 0.4) is 0 Å². The molecule has 0 bridgehead atoms. The molecule has 2 rings (SSSR count). The van der Waals surface area contributed by atoms with Crippen LogP contribution in [0.4, 0.5) is 5.69 Å². The number of benzene rings is 1. The van der Waals surface area contributed by atoms with Gasteiger partial charge in [0.05, 0.1) is 10.6 Å². The number of halogens is 1. The second kappa shape index (κ2) is 3.64. The molecular formula is C9H8ClNO4S. The number of anilines is 1. The molecule has 7 heteroatoms. The summed E-state index contributed by atoms with van der Waals surface area (Å²) < 4.78 is 27.2. The van der Waals surface area contributed by atoms with E-state index in [1.807, 2.05) is 0 Å². The molecule has 0 saturated carbocycles. The number of esters is 1. The molecule has 0 spiro atoms. The number of hydrogen-bond donors (Lipinski definition) is 0. The van der Waals surface area contributed by atoms with E-state index in [-0.39, 0.29) is 17.4 Å².